The van der Waals surface area contributed by atoms with Gasteiger partial charge in [0.15, 0.2) is 0 Å². The first-order valence-corrected chi connectivity index (χ1v) is 6.03. The first kappa shape index (κ1) is 14.2. The van der Waals surface area contributed by atoms with Crippen molar-refractivity contribution in [3.05, 3.63) is 11.6 Å². The van der Waals surface area contributed by atoms with Gasteiger partial charge in [-0.1, -0.05) is 45.6 Å². The molecule has 0 aromatic heterocycles. The molecule has 0 aromatic carbocycles. The van der Waals surface area contributed by atoms with Gasteiger partial charge in [-0.3, -0.25) is 0 Å². The minimum Gasteiger partial charge on any atom is -0.466 e. The van der Waals surface area contributed by atoms with E-state index in [-0.39, 0.29) is 5.97 Å². The van der Waals surface area contributed by atoms with Crippen LogP contribution in [-0.4, -0.2) is 13.1 Å². The predicted molar refractivity (Wildman–Crippen MR) is 63.8 cm³/mol. The highest BCUT2D eigenvalue weighted by Gasteiger charge is 2.05. The molecule has 0 fully saturated rings. The second-order valence-electron chi connectivity index (χ2n) is 3.78. The molecule has 2 nitrogen and oxygen atoms in total. The van der Waals surface area contributed by atoms with Crippen molar-refractivity contribution in [1.82, 2.24) is 0 Å². The van der Waals surface area contributed by atoms with Crippen LogP contribution in [0.2, 0.25) is 0 Å². The third kappa shape index (κ3) is 7.18. The Bertz CT molecular complexity index is 195. The Hall–Kier alpha value is -0.790. The number of unbranched alkanes of at least 4 members (excludes halogenated alkanes) is 5. The van der Waals surface area contributed by atoms with E-state index in [1.165, 1.54) is 39.2 Å². The van der Waals surface area contributed by atoms with Crippen molar-refractivity contribution in [2.24, 2.45) is 0 Å². The highest BCUT2D eigenvalue weighted by Crippen LogP contribution is 2.09. The third-order valence-corrected chi connectivity index (χ3v) is 2.53. The molecule has 0 N–H and O–H groups in total. The van der Waals surface area contributed by atoms with E-state index in [1.54, 1.807) is 0 Å². The summed E-state index contributed by atoms with van der Waals surface area (Å²) in [6, 6.07) is 0. The predicted octanol–water partition coefficient (Wildman–Crippen LogP) is 3.86. The Morgan fingerprint density at radius 2 is 1.80 bits per heavy atom. The van der Waals surface area contributed by atoms with Crippen molar-refractivity contribution in [3.63, 3.8) is 0 Å². The number of esters is 1. The van der Waals surface area contributed by atoms with Crippen molar-refractivity contribution in [2.45, 2.75) is 58.8 Å². The van der Waals surface area contributed by atoms with Crippen LogP contribution in [-0.2, 0) is 9.53 Å². The number of carbonyl (C=O) groups is 1. The average Bonchev–Trinajstić information content (AvgIpc) is 2.27. The average molecular weight is 212 g/mol. The van der Waals surface area contributed by atoms with E-state index in [0.717, 1.165) is 18.4 Å². The second-order valence-corrected chi connectivity index (χ2v) is 3.78. The number of ether oxygens (including phenoxy) is 1. The van der Waals surface area contributed by atoms with Crippen LogP contribution in [0.4, 0.5) is 0 Å². The van der Waals surface area contributed by atoms with Crippen molar-refractivity contribution >= 4 is 5.97 Å². The molecule has 0 saturated heterocycles. The lowest BCUT2D eigenvalue weighted by molar-refractivity contribution is -0.136. The first-order valence-electron chi connectivity index (χ1n) is 6.03. The smallest absolute Gasteiger partial charge is 0.333 e. The van der Waals surface area contributed by atoms with Gasteiger partial charge < -0.3 is 4.74 Å². The van der Waals surface area contributed by atoms with Crippen LogP contribution in [0, 0.1) is 0 Å². The fourth-order valence-corrected chi connectivity index (χ4v) is 1.53. The fourth-order valence-electron chi connectivity index (χ4n) is 1.53. The third-order valence-electron chi connectivity index (χ3n) is 2.53. The summed E-state index contributed by atoms with van der Waals surface area (Å²) in [5, 5.41) is 0. The molecule has 0 heterocycles. The summed E-state index contributed by atoms with van der Waals surface area (Å²) in [6.45, 7) is 4.20. The number of allylic oxidation sites excluding steroid dienone is 1. The summed E-state index contributed by atoms with van der Waals surface area (Å²) in [6.07, 6.45) is 10.1. The molecule has 0 amide bonds. The molecule has 0 saturated carbocycles. The lowest BCUT2D eigenvalue weighted by atomic mass is 10.1. The van der Waals surface area contributed by atoms with Crippen molar-refractivity contribution < 1.29 is 9.53 Å². The quantitative estimate of drug-likeness (QED) is 0.347. The lowest BCUT2D eigenvalue weighted by Gasteiger charge is -2.02. The summed E-state index contributed by atoms with van der Waals surface area (Å²) in [5.41, 5.74) is 0.813. The van der Waals surface area contributed by atoms with E-state index in [4.69, 9.17) is 4.74 Å². The molecule has 0 atom stereocenters. The summed E-state index contributed by atoms with van der Waals surface area (Å²) in [5.74, 6) is -0.175. The molecule has 0 bridgehead atoms. The number of rotatable bonds is 8. The van der Waals surface area contributed by atoms with Gasteiger partial charge >= 0.3 is 5.97 Å². The molecular weight excluding hydrogens is 188 g/mol. The van der Waals surface area contributed by atoms with Crippen molar-refractivity contribution in [3.8, 4) is 0 Å². The second kappa shape index (κ2) is 9.75. The minimum atomic E-state index is -0.175. The Labute approximate surface area is 93.7 Å². The Balaban J connectivity index is 3.67. The SMILES string of the molecule is CCCCCCC/C=C(\CC)C(=O)OC. The zero-order valence-corrected chi connectivity index (χ0v) is 10.3. The number of methoxy groups -OCH3 is 1. The summed E-state index contributed by atoms with van der Waals surface area (Å²) in [7, 11) is 1.44. The normalized spacial score (nSPS) is 11.5. The van der Waals surface area contributed by atoms with Gasteiger partial charge in [-0.05, 0) is 19.3 Å². The molecule has 0 aromatic rings. The van der Waals surface area contributed by atoms with E-state index in [0.29, 0.717) is 0 Å². The van der Waals surface area contributed by atoms with Gasteiger partial charge in [0.25, 0.3) is 0 Å². The summed E-state index contributed by atoms with van der Waals surface area (Å²) in [4.78, 5) is 11.2. The highest BCUT2D eigenvalue weighted by molar-refractivity contribution is 5.88. The van der Waals surface area contributed by atoms with Crippen LogP contribution in [0.3, 0.4) is 0 Å². The highest BCUT2D eigenvalue weighted by atomic mass is 16.5. The molecule has 2 heteroatoms. The van der Waals surface area contributed by atoms with Crippen LogP contribution in [0.25, 0.3) is 0 Å². The fraction of sp³-hybridized carbons (Fsp3) is 0.769. The van der Waals surface area contributed by atoms with Gasteiger partial charge in [-0.2, -0.15) is 0 Å². The molecule has 88 valence electrons. The molecule has 0 radical (unpaired) electrons. The van der Waals surface area contributed by atoms with E-state index in [9.17, 15) is 4.79 Å². The first-order chi connectivity index (χ1) is 7.26. The number of hydrogen-bond donors (Lipinski definition) is 0. The molecular formula is C13H24O2. The van der Waals surface area contributed by atoms with Gasteiger partial charge in [-0.15, -0.1) is 0 Å². The van der Waals surface area contributed by atoms with Crippen molar-refractivity contribution in [1.29, 1.82) is 0 Å². The largest absolute Gasteiger partial charge is 0.466 e. The molecule has 15 heavy (non-hydrogen) atoms. The van der Waals surface area contributed by atoms with E-state index in [2.05, 4.69) is 6.92 Å². The number of carbonyl (C=O) groups excluding carboxylic acids is 1. The summed E-state index contributed by atoms with van der Waals surface area (Å²) < 4.78 is 4.69. The van der Waals surface area contributed by atoms with Gasteiger partial charge in [-0.25, -0.2) is 4.79 Å². The maximum Gasteiger partial charge on any atom is 0.333 e. The van der Waals surface area contributed by atoms with Crippen LogP contribution < -0.4 is 0 Å². The van der Waals surface area contributed by atoms with Crippen molar-refractivity contribution in [2.75, 3.05) is 7.11 Å². The Kier molecular flexibility index (Phi) is 9.24. The van der Waals surface area contributed by atoms with Gasteiger partial charge in [0.05, 0.1) is 7.11 Å². The summed E-state index contributed by atoms with van der Waals surface area (Å²) >= 11 is 0. The van der Waals surface area contributed by atoms with Crippen LogP contribution in [0.15, 0.2) is 11.6 Å². The van der Waals surface area contributed by atoms with Crippen LogP contribution in [0.5, 0.6) is 0 Å². The maximum atomic E-state index is 11.2. The zero-order valence-electron chi connectivity index (χ0n) is 10.3. The van der Waals surface area contributed by atoms with Gasteiger partial charge in [0.2, 0.25) is 0 Å². The van der Waals surface area contributed by atoms with Crippen LogP contribution in [0.1, 0.15) is 58.8 Å². The van der Waals surface area contributed by atoms with Gasteiger partial charge in [0, 0.05) is 5.57 Å². The Morgan fingerprint density at radius 1 is 1.13 bits per heavy atom. The molecule has 0 aliphatic carbocycles. The minimum absolute atomic E-state index is 0.175. The molecule has 0 rings (SSSR count). The Morgan fingerprint density at radius 3 is 2.33 bits per heavy atom. The van der Waals surface area contributed by atoms with E-state index < -0.39 is 0 Å². The van der Waals surface area contributed by atoms with E-state index in [1.807, 2.05) is 13.0 Å². The molecule has 0 spiro atoms. The topological polar surface area (TPSA) is 26.3 Å². The number of hydrogen-bond acceptors (Lipinski definition) is 2. The van der Waals surface area contributed by atoms with Gasteiger partial charge in [0.1, 0.15) is 0 Å². The van der Waals surface area contributed by atoms with E-state index >= 15 is 0 Å². The standard InChI is InChI=1S/C13H24O2/c1-4-6-7-8-9-10-11-12(5-2)13(14)15-3/h11H,4-10H2,1-3H3/b12-11+. The monoisotopic (exact) mass is 212 g/mol. The zero-order chi connectivity index (χ0) is 11.5. The lowest BCUT2D eigenvalue weighted by Crippen LogP contribution is -2.03. The van der Waals surface area contributed by atoms with Crippen LogP contribution >= 0.6 is 0 Å². The maximum absolute atomic E-state index is 11.2. The molecule has 0 aliphatic rings. The molecule has 0 aliphatic heterocycles. The molecule has 0 unspecified atom stereocenters.